The van der Waals surface area contributed by atoms with Crippen molar-refractivity contribution < 1.29 is 18.7 Å². The molecule has 0 N–H and O–H groups in total. The van der Waals surface area contributed by atoms with Crippen molar-refractivity contribution in [3.05, 3.63) is 44.7 Å². The van der Waals surface area contributed by atoms with E-state index in [1.54, 1.807) is 31.2 Å². The van der Waals surface area contributed by atoms with Crippen molar-refractivity contribution in [1.29, 1.82) is 0 Å². The van der Waals surface area contributed by atoms with Crippen molar-refractivity contribution in [2.45, 2.75) is 19.8 Å². The van der Waals surface area contributed by atoms with E-state index in [1.165, 1.54) is 4.90 Å². The zero-order valence-electron chi connectivity index (χ0n) is 13.8. The number of esters is 1. The largest absolute Gasteiger partial charge is 0.466 e. The Hall–Kier alpha value is -2.15. The van der Waals surface area contributed by atoms with Gasteiger partial charge in [0, 0.05) is 22.9 Å². The van der Waals surface area contributed by atoms with Gasteiger partial charge in [-0.1, -0.05) is 15.9 Å². The van der Waals surface area contributed by atoms with Crippen LogP contribution in [0.15, 0.2) is 37.9 Å². The summed E-state index contributed by atoms with van der Waals surface area (Å²) in [5, 5.41) is 0.663. The minimum atomic E-state index is -0.668. The molecule has 7 heteroatoms. The third-order valence-electron chi connectivity index (χ3n) is 4.25. The number of nitrogens with zero attached hydrogens (tertiary/aromatic N) is 1. The fourth-order valence-electron chi connectivity index (χ4n) is 3.03. The number of carbonyl (C=O) groups excluding carboxylic acids is 2. The smallest absolute Gasteiger partial charge is 0.349 e. The predicted molar refractivity (Wildman–Crippen MR) is 95.4 cm³/mol. The minimum Gasteiger partial charge on any atom is -0.466 e. The summed E-state index contributed by atoms with van der Waals surface area (Å²) in [4.78, 5) is 38.4. The van der Waals surface area contributed by atoms with Crippen molar-refractivity contribution in [2.75, 3.05) is 19.7 Å². The molecule has 2 heterocycles. The van der Waals surface area contributed by atoms with Gasteiger partial charge >= 0.3 is 11.6 Å². The number of hydrogen-bond acceptors (Lipinski definition) is 5. The number of rotatable bonds is 3. The standard InChI is InChI=1S/C18H18BrNO5/c1-2-24-17(22)11-4-3-7-20(10-11)16(21)14-9-12-8-13(19)5-6-15(12)25-18(14)23/h5-6,8-9,11H,2-4,7,10H2,1H3/t11-/m0/s1. The summed E-state index contributed by atoms with van der Waals surface area (Å²) in [6.45, 7) is 2.83. The molecule has 6 nitrogen and oxygen atoms in total. The highest BCUT2D eigenvalue weighted by atomic mass is 79.9. The molecule has 1 aromatic heterocycles. The molecule has 1 fully saturated rings. The summed E-state index contributed by atoms with van der Waals surface area (Å²) < 4.78 is 11.1. The second-order valence-electron chi connectivity index (χ2n) is 5.97. The van der Waals surface area contributed by atoms with E-state index in [-0.39, 0.29) is 24.0 Å². The second-order valence-corrected chi connectivity index (χ2v) is 6.89. The van der Waals surface area contributed by atoms with Gasteiger partial charge in [-0.25, -0.2) is 4.79 Å². The second kappa shape index (κ2) is 7.39. The average molecular weight is 408 g/mol. The molecule has 0 radical (unpaired) electrons. The molecular weight excluding hydrogens is 390 g/mol. The zero-order chi connectivity index (χ0) is 18.0. The molecule has 0 unspecified atom stereocenters. The maximum Gasteiger partial charge on any atom is 0.349 e. The fraction of sp³-hybridized carbons (Fsp3) is 0.389. The lowest BCUT2D eigenvalue weighted by atomic mass is 9.97. The Balaban J connectivity index is 1.87. The summed E-state index contributed by atoms with van der Waals surface area (Å²) in [6, 6.07) is 6.77. The maximum atomic E-state index is 12.8. The fourth-order valence-corrected chi connectivity index (χ4v) is 3.41. The van der Waals surface area contributed by atoms with Crippen LogP contribution < -0.4 is 5.63 Å². The third-order valence-corrected chi connectivity index (χ3v) is 4.75. The summed E-state index contributed by atoms with van der Waals surface area (Å²) in [6.07, 6.45) is 1.38. The predicted octanol–water partition coefficient (Wildman–Crippen LogP) is 2.97. The molecule has 25 heavy (non-hydrogen) atoms. The maximum absolute atomic E-state index is 12.8. The van der Waals surface area contributed by atoms with Crippen LogP contribution in [0.4, 0.5) is 0 Å². The van der Waals surface area contributed by atoms with Gasteiger partial charge in [0.2, 0.25) is 0 Å². The Kier molecular flexibility index (Phi) is 5.22. The molecule has 1 atom stereocenters. The van der Waals surface area contributed by atoms with Gasteiger partial charge in [-0.2, -0.15) is 0 Å². The van der Waals surface area contributed by atoms with E-state index in [4.69, 9.17) is 9.15 Å². The Bertz CT molecular complexity index is 875. The lowest BCUT2D eigenvalue weighted by molar-refractivity contribution is -0.149. The van der Waals surface area contributed by atoms with Crippen LogP contribution in [0.3, 0.4) is 0 Å². The quantitative estimate of drug-likeness (QED) is 0.577. The van der Waals surface area contributed by atoms with E-state index >= 15 is 0 Å². The van der Waals surface area contributed by atoms with Crippen LogP contribution in [0.25, 0.3) is 11.0 Å². The Labute approximate surface area is 152 Å². The Morgan fingerprint density at radius 3 is 2.92 bits per heavy atom. The molecule has 1 aromatic carbocycles. The van der Waals surface area contributed by atoms with Crippen molar-refractivity contribution >= 4 is 38.8 Å². The first-order valence-corrected chi connectivity index (χ1v) is 8.98. The number of halogens is 1. The highest BCUT2D eigenvalue weighted by molar-refractivity contribution is 9.10. The van der Waals surface area contributed by atoms with E-state index in [1.807, 2.05) is 0 Å². The molecule has 1 amide bonds. The van der Waals surface area contributed by atoms with Gasteiger partial charge in [0.05, 0.1) is 12.5 Å². The molecular formula is C18H18BrNO5. The number of benzene rings is 1. The van der Waals surface area contributed by atoms with Crippen molar-refractivity contribution in [2.24, 2.45) is 5.92 Å². The van der Waals surface area contributed by atoms with E-state index in [0.29, 0.717) is 37.0 Å². The van der Waals surface area contributed by atoms with Crippen molar-refractivity contribution in [1.82, 2.24) is 4.90 Å². The number of hydrogen-bond donors (Lipinski definition) is 0. The number of carbonyl (C=O) groups is 2. The highest BCUT2D eigenvalue weighted by Gasteiger charge is 2.31. The van der Waals surface area contributed by atoms with Gasteiger partial charge in [0.25, 0.3) is 5.91 Å². The summed E-state index contributed by atoms with van der Waals surface area (Å²) in [5.74, 6) is -1.06. The first kappa shape index (κ1) is 17.7. The molecule has 1 aliphatic rings. The van der Waals surface area contributed by atoms with Crippen LogP contribution >= 0.6 is 15.9 Å². The number of amides is 1. The zero-order valence-corrected chi connectivity index (χ0v) is 15.4. The Morgan fingerprint density at radius 1 is 1.36 bits per heavy atom. The lowest BCUT2D eigenvalue weighted by Crippen LogP contribution is -2.44. The van der Waals surface area contributed by atoms with E-state index < -0.39 is 11.5 Å². The summed E-state index contributed by atoms with van der Waals surface area (Å²) in [5.41, 5.74) is -0.263. The number of likely N-dealkylation sites (tertiary alicyclic amines) is 1. The molecule has 1 aliphatic heterocycles. The monoisotopic (exact) mass is 407 g/mol. The van der Waals surface area contributed by atoms with Gasteiger partial charge in [-0.3, -0.25) is 9.59 Å². The van der Waals surface area contributed by atoms with Crippen LogP contribution in [-0.4, -0.2) is 36.5 Å². The number of fused-ring (bicyclic) bond motifs is 1. The molecule has 1 saturated heterocycles. The molecule has 0 spiro atoms. The van der Waals surface area contributed by atoms with Crippen LogP contribution in [0, 0.1) is 5.92 Å². The van der Waals surface area contributed by atoms with Crippen molar-refractivity contribution in [3.63, 3.8) is 0 Å². The van der Waals surface area contributed by atoms with Gasteiger partial charge in [-0.15, -0.1) is 0 Å². The molecule has 0 saturated carbocycles. The third kappa shape index (κ3) is 3.76. The van der Waals surface area contributed by atoms with Crippen LogP contribution in [0.1, 0.15) is 30.1 Å². The van der Waals surface area contributed by atoms with Crippen LogP contribution in [-0.2, 0) is 9.53 Å². The summed E-state index contributed by atoms with van der Waals surface area (Å²) in [7, 11) is 0. The molecule has 132 valence electrons. The summed E-state index contributed by atoms with van der Waals surface area (Å²) >= 11 is 3.36. The topological polar surface area (TPSA) is 76.8 Å². The highest BCUT2D eigenvalue weighted by Crippen LogP contribution is 2.22. The van der Waals surface area contributed by atoms with Gasteiger partial charge < -0.3 is 14.1 Å². The first-order chi connectivity index (χ1) is 12.0. The van der Waals surface area contributed by atoms with Crippen LogP contribution in [0.5, 0.6) is 0 Å². The molecule has 0 bridgehead atoms. The van der Waals surface area contributed by atoms with Gasteiger partial charge in [0.1, 0.15) is 11.1 Å². The number of piperidine rings is 1. The van der Waals surface area contributed by atoms with Gasteiger partial charge in [0.15, 0.2) is 0 Å². The first-order valence-electron chi connectivity index (χ1n) is 8.19. The van der Waals surface area contributed by atoms with E-state index in [0.717, 1.165) is 4.47 Å². The molecule has 0 aliphatic carbocycles. The average Bonchev–Trinajstić information content (AvgIpc) is 2.61. The SMILES string of the molecule is CCOC(=O)[C@H]1CCCN(C(=O)c2cc3cc(Br)ccc3oc2=O)C1. The molecule has 2 aromatic rings. The van der Waals surface area contributed by atoms with Gasteiger partial charge in [-0.05, 0) is 44.0 Å². The molecule has 3 rings (SSSR count). The van der Waals surface area contributed by atoms with E-state index in [9.17, 15) is 14.4 Å². The van der Waals surface area contributed by atoms with Crippen molar-refractivity contribution in [3.8, 4) is 0 Å². The lowest BCUT2D eigenvalue weighted by Gasteiger charge is -2.31. The number of ether oxygens (including phenoxy) is 1. The van der Waals surface area contributed by atoms with E-state index in [2.05, 4.69) is 15.9 Å². The minimum absolute atomic E-state index is 0.0184. The Morgan fingerprint density at radius 2 is 2.16 bits per heavy atom. The van der Waals surface area contributed by atoms with Crippen LogP contribution in [0.2, 0.25) is 0 Å². The normalized spacial score (nSPS) is 17.5.